The van der Waals surface area contributed by atoms with Gasteiger partial charge in [0.1, 0.15) is 17.2 Å². The first-order valence-corrected chi connectivity index (χ1v) is 12.0. The van der Waals surface area contributed by atoms with Gasteiger partial charge in [-0.15, -0.1) is 13.2 Å². The molecule has 0 heterocycles. The highest BCUT2D eigenvalue weighted by molar-refractivity contribution is 14.1. The van der Waals surface area contributed by atoms with Crippen molar-refractivity contribution < 1.29 is 39.5 Å². The normalized spacial score (nSPS) is 12.5. The summed E-state index contributed by atoms with van der Waals surface area (Å²) in [6.45, 7) is 0. The van der Waals surface area contributed by atoms with Crippen molar-refractivity contribution in [3.63, 3.8) is 0 Å². The monoisotopic (exact) mass is 551 g/mol. The highest BCUT2D eigenvalue weighted by atomic mass is 127. The average molecular weight is 551 g/mol. The molecule has 0 aliphatic rings. The third-order valence-electron chi connectivity index (χ3n) is 3.01. The lowest BCUT2D eigenvalue weighted by atomic mass is 10.3. The second-order valence-corrected chi connectivity index (χ2v) is 10.5. The first kappa shape index (κ1) is 22.5. The van der Waals surface area contributed by atoms with Crippen molar-refractivity contribution in [2.45, 2.75) is 6.36 Å². The molecule has 0 bridgehead atoms. The Morgan fingerprint density at radius 3 is 1.82 bits per heavy atom. The van der Waals surface area contributed by atoms with Crippen molar-refractivity contribution in [1.29, 1.82) is 0 Å². The van der Waals surface area contributed by atoms with E-state index < -0.39 is 32.2 Å². The minimum atomic E-state index is -4.81. The van der Waals surface area contributed by atoms with E-state index in [1.54, 1.807) is 0 Å². The summed E-state index contributed by atoms with van der Waals surface area (Å²) in [7, 11) is -8.18. The fourth-order valence-corrected chi connectivity index (χ4v) is 5.72. The summed E-state index contributed by atoms with van der Waals surface area (Å²) in [5.74, 6) is 0.0286. The molecule has 0 aromatic heterocycles. The summed E-state index contributed by atoms with van der Waals surface area (Å²) < 4.78 is 93.7. The minimum Gasteiger partial charge on any atom is -0.456 e. The fraction of sp³-hybridized carbons (Fsp3) is 0.200. The van der Waals surface area contributed by atoms with E-state index in [9.17, 15) is 30.0 Å². The van der Waals surface area contributed by atoms with Crippen LogP contribution in [-0.4, -0.2) is 35.7 Å². The maximum Gasteiger partial charge on any atom is 0.573 e. The molecular formula is C15H13F3INO6S2. The van der Waals surface area contributed by atoms with Crippen molar-refractivity contribution in [3.8, 4) is 17.2 Å². The highest BCUT2D eigenvalue weighted by Gasteiger charge is 2.31. The molecule has 13 heteroatoms. The van der Waals surface area contributed by atoms with Gasteiger partial charge in [-0.2, -0.15) is 3.71 Å². The van der Waals surface area contributed by atoms with E-state index in [-0.39, 0.29) is 20.9 Å². The first-order valence-electron chi connectivity index (χ1n) is 7.20. The summed E-state index contributed by atoms with van der Waals surface area (Å²) in [5.41, 5.74) is -0.101. The molecule has 7 nitrogen and oxygen atoms in total. The number of hydrogen-bond acceptors (Lipinski definition) is 6. The predicted molar refractivity (Wildman–Crippen MR) is 105 cm³/mol. The number of benzene rings is 2. The van der Waals surface area contributed by atoms with Crippen LogP contribution in [0.1, 0.15) is 0 Å². The Morgan fingerprint density at radius 1 is 0.893 bits per heavy atom. The average Bonchev–Trinajstić information content (AvgIpc) is 2.47. The quantitative estimate of drug-likeness (QED) is 0.509. The van der Waals surface area contributed by atoms with Crippen LogP contribution in [0.2, 0.25) is 0 Å². The molecule has 0 saturated carbocycles. The number of sulfonamides is 2. The fourth-order valence-electron chi connectivity index (χ4n) is 2.15. The summed E-state index contributed by atoms with van der Waals surface area (Å²) >= 11 is 1.81. The van der Waals surface area contributed by atoms with Crippen LogP contribution in [0.5, 0.6) is 17.2 Å². The molecule has 154 valence electrons. The molecule has 0 radical (unpaired) electrons. The van der Waals surface area contributed by atoms with Crippen LogP contribution in [0, 0.1) is 3.57 Å². The van der Waals surface area contributed by atoms with E-state index in [1.807, 2.05) is 22.6 Å². The van der Waals surface area contributed by atoms with Gasteiger partial charge in [0, 0.05) is 0 Å². The minimum absolute atomic E-state index is 0.101. The Morgan fingerprint density at radius 2 is 1.39 bits per heavy atom. The molecule has 0 aliphatic carbocycles. The van der Waals surface area contributed by atoms with Crippen LogP contribution in [-0.2, 0) is 20.0 Å². The van der Waals surface area contributed by atoms with Crippen LogP contribution >= 0.6 is 22.6 Å². The number of nitrogens with zero attached hydrogens (tertiary/aromatic N) is 1. The maximum absolute atomic E-state index is 12.2. The standard InChI is InChI=1S/C15H13F3INO6S2/c1-27(21,22)20(28(2,23)24)10-3-8-14(13(19)9-10)25-11-4-6-12(7-5-11)26-15(16,17)18/h3-9H,1-2H3. The lowest BCUT2D eigenvalue weighted by Gasteiger charge is -2.20. The van der Waals surface area contributed by atoms with Crippen LogP contribution < -0.4 is 13.2 Å². The number of halogens is 4. The number of anilines is 1. The van der Waals surface area contributed by atoms with Gasteiger partial charge in [0.2, 0.25) is 20.0 Å². The lowest BCUT2D eigenvalue weighted by molar-refractivity contribution is -0.274. The molecule has 0 saturated heterocycles. The molecular weight excluding hydrogens is 538 g/mol. The number of alkyl halides is 3. The summed E-state index contributed by atoms with van der Waals surface area (Å²) in [6, 6.07) is 8.52. The molecule has 2 rings (SSSR count). The molecule has 2 aromatic carbocycles. The van der Waals surface area contributed by atoms with Crippen LogP contribution in [0.25, 0.3) is 0 Å². The Bertz CT molecular complexity index is 1040. The van der Waals surface area contributed by atoms with Gasteiger partial charge >= 0.3 is 6.36 Å². The zero-order chi connectivity index (χ0) is 21.3. The van der Waals surface area contributed by atoms with Crippen molar-refractivity contribution in [2.75, 3.05) is 16.2 Å². The molecule has 0 atom stereocenters. The van der Waals surface area contributed by atoms with Gasteiger partial charge in [-0.3, -0.25) is 0 Å². The first-order chi connectivity index (χ1) is 12.7. The van der Waals surface area contributed by atoms with E-state index in [0.29, 0.717) is 3.57 Å². The van der Waals surface area contributed by atoms with Crippen LogP contribution in [0.4, 0.5) is 18.9 Å². The Hall–Kier alpha value is -1.74. The zero-order valence-electron chi connectivity index (χ0n) is 14.3. The summed E-state index contributed by atoms with van der Waals surface area (Å²) in [4.78, 5) is 0. The molecule has 0 fully saturated rings. The maximum atomic E-state index is 12.2. The molecule has 28 heavy (non-hydrogen) atoms. The number of ether oxygens (including phenoxy) is 2. The molecule has 0 unspecified atom stereocenters. The van der Waals surface area contributed by atoms with E-state index in [4.69, 9.17) is 4.74 Å². The van der Waals surface area contributed by atoms with Crippen molar-refractivity contribution in [1.82, 2.24) is 0 Å². The van der Waals surface area contributed by atoms with Gasteiger partial charge in [0.05, 0.1) is 21.8 Å². The van der Waals surface area contributed by atoms with Gasteiger partial charge in [0.25, 0.3) is 0 Å². The highest BCUT2D eigenvalue weighted by Crippen LogP contribution is 2.33. The third-order valence-corrected chi connectivity index (χ3v) is 7.11. The second-order valence-electron chi connectivity index (χ2n) is 5.46. The van der Waals surface area contributed by atoms with Gasteiger partial charge < -0.3 is 9.47 Å². The van der Waals surface area contributed by atoms with Crippen molar-refractivity contribution in [2.24, 2.45) is 0 Å². The van der Waals surface area contributed by atoms with E-state index in [1.165, 1.54) is 30.3 Å². The van der Waals surface area contributed by atoms with E-state index in [2.05, 4.69) is 4.74 Å². The van der Waals surface area contributed by atoms with Crippen molar-refractivity contribution in [3.05, 3.63) is 46.0 Å². The van der Waals surface area contributed by atoms with Gasteiger partial charge in [-0.05, 0) is 65.1 Å². The predicted octanol–water partition coefficient (Wildman–Crippen LogP) is 3.71. The second kappa shape index (κ2) is 7.94. The third kappa shape index (κ3) is 6.13. The largest absolute Gasteiger partial charge is 0.573 e. The SMILES string of the molecule is CS(=O)(=O)N(c1ccc(Oc2ccc(OC(F)(F)F)cc2)c(I)c1)S(C)(=O)=O. The molecule has 2 aromatic rings. The Labute approximate surface area is 173 Å². The Balaban J connectivity index is 2.28. The van der Waals surface area contributed by atoms with Crippen LogP contribution in [0.3, 0.4) is 0 Å². The zero-order valence-corrected chi connectivity index (χ0v) is 18.1. The molecule has 0 spiro atoms. The molecule has 0 aliphatic heterocycles. The van der Waals surface area contributed by atoms with E-state index in [0.717, 1.165) is 24.6 Å². The van der Waals surface area contributed by atoms with Gasteiger partial charge in [-0.25, -0.2) is 16.8 Å². The van der Waals surface area contributed by atoms with Gasteiger partial charge in [-0.1, -0.05) is 0 Å². The number of rotatable bonds is 6. The Kier molecular flexibility index (Phi) is 6.40. The summed E-state index contributed by atoms with van der Waals surface area (Å²) in [5, 5.41) is 0. The van der Waals surface area contributed by atoms with Gasteiger partial charge in [0.15, 0.2) is 0 Å². The molecule has 0 amide bonds. The number of hydrogen-bond donors (Lipinski definition) is 0. The topological polar surface area (TPSA) is 90.0 Å². The lowest BCUT2D eigenvalue weighted by Crippen LogP contribution is -2.35. The molecule has 0 N–H and O–H groups in total. The smallest absolute Gasteiger partial charge is 0.456 e. The van der Waals surface area contributed by atoms with E-state index >= 15 is 0 Å². The van der Waals surface area contributed by atoms with Crippen molar-refractivity contribution >= 4 is 48.3 Å². The summed E-state index contributed by atoms with van der Waals surface area (Å²) in [6.07, 6.45) is -3.29. The van der Waals surface area contributed by atoms with Crippen LogP contribution in [0.15, 0.2) is 42.5 Å².